The van der Waals surface area contributed by atoms with Crippen LogP contribution in [0.5, 0.6) is 0 Å². The van der Waals surface area contributed by atoms with Crippen LogP contribution in [0.3, 0.4) is 0 Å². The first-order valence-corrected chi connectivity index (χ1v) is 6.79. The molecule has 0 spiro atoms. The van der Waals surface area contributed by atoms with Crippen LogP contribution in [0.1, 0.15) is 39.5 Å². The molecule has 0 N–H and O–H groups in total. The fourth-order valence-corrected chi connectivity index (χ4v) is 2.45. The normalized spacial score (nSPS) is 25.3. The van der Waals surface area contributed by atoms with Crippen LogP contribution >= 0.6 is 11.6 Å². The summed E-state index contributed by atoms with van der Waals surface area (Å²) in [6.07, 6.45) is 2.98. The average Bonchev–Trinajstić information content (AvgIpc) is 2.37. The Labute approximate surface area is 112 Å². The smallest absolute Gasteiger partial charge is 0.375 e. The van der Waals surface area contributed by atoms with Gasteiger partial charge in [0.15, 0.2) is 0 Å². The first-order valence-electron chi connectivity index (χ1n) is 6.36. The molecule has 18 heavy (non-hydrogen) atoms. The third kappa shape index (κ3) is 3.80. The van der Waals surface area contributed by atoms with Crippen LogP contribution in [0, 0.1) is 11.8 Å². The highest BCUT2D eigenvalue weighted by atomic mass is 35.5. The number of ketones is 2. The maximum absolute atomic E-state index is 12.1. The van der Waals surface area contributed by atoms with Crippen LogP contribution in [0.25, 0.3) is 0 Å². The number of hydrogen-bond donors (Lipinski definition) is 0. The minimum atomic E-state index is -0.913. The zero-order valence-electron chi connectivity index (χ0n) is 10.8. The Morgan fingerprint density at radius 1 is 1.22 bits per heavy atom. The number of esters is 1. The van der Waals surface area contributed by atoms with E-state index in [1.165, 1.54) is 6.92 Å². The highest BCUT2D eigenvalue weighted by Crippen LogP contribution is 2.30. The van der Waals surface area contributed by atoms with Crippen molar-refractivity contribution in [3.63, 3.8) is 0 Å². The molecule has 0 heterocycles. The van der Waals surface area contributed by atoms with E-state index in [0.717, 1.165) is 12.8 Å². The number of rotatable bonds is 5. The standard InChI is InChI=1S/C13H19ClO4/c1-3-18-13(17)12(16)8(2)11(15)9-4-6-10(14)7-5-9/h8-10H,3-7H2,1-2H3. The molecule has 4 nitrogen and oxygen atoms in total. The minimum Gasteiger partial charge on any atom is -0.460 e. The van der Waals surface area contributed by atoms with Crippen molar-refractivity contribution in [2.75, 3.05) is 6.61 Å². The van der Waals surface area contributed by atoms with Crippen LogP contribution in [0.4, 0.5) is 0 Å². The predicted octanol–water partition coefficient (Wildman–Crippen LogP) is 2.12. The van der Waals surface area contributed by atoms with Gasteiger partial charge in [-0.1, -0.05) is 0 Å². The van der Waals surface area contributed by atoms with Crippen molar-refractivity contribution in [3.8, 4) is 0 Å². The van der Waals surface area contributed by atoms with Crippen LogP contribution in [0.2, 0.25) is 0 Å². The molecule has 102 valence electrons. The van der Waals surface area contributed by atoms with Gasteiger partial charge in [-0.2, -0.15) is 0 Å². The molecule has 0 aromatic carbocycles. The maximum Gasteiger partial charge on any atom is 0.375 e. The third-order valence-electron chi connectivity index (χ3n) is 3.36. The zero-order valence-corrected chi connectivity index (χ0v) is 11.5. The number of halogens is 1. The van der Waals surface area contributed by atoms with E-state index in [-0.39, 0.29) is 23.7 Å². The van der Waals surface area contributed by atoms with E-state index in [1.54, 1.807) is 6.92 Å². The van der Waals surface area contributed by atoms with Gasteiger partial charge in [0.05, 0.1) is 12.5 Å². The molecule has 0 amide bonds. The Kier molecular flexibility index (Phi) is 5.79. The van der Waals surface area contributed by atoms with Gasteiger partial charge in [0, 0.05) is 11.3 Å². The summed E-state index contributed by atoms with van der Waals surface area (Å²) in [5.41, 5.74) is 0. The SMILES string of the molecule is CCOC(=O)C(=O)C(C)C(=O)C1CCC(Cl)CC1. The van der Waals surface area contributed by atoms with Crippen molar-refractivity contribution in [1.82, 2.24) is 0 Å². The van der Waals surface area contributed by atoms with Gasteiger partial charge in [0.1, 0.15) is 5.78 Å². The molecule has 1 saturated carbocycles. The molecule has 1 aliphatic rings. The number of Topliss-reactive ketones (excluding diaryl/α,β-unsaturated/α-hetero) is 2. The van der Waals surface area contributed by atoms with Crippen LogP contribution in [-0.4, -0.2) is 29.5 Å². The van der Waals surface area contributed by atoms with Crippen molar-refractivity contribution in [2.24, 2.45) is 11.8 Å². The van der Waals surface area contributed by atoms with E-state index in [4.69, 9.17) is 11.6 Å². The highest BCUT2D eigenvalue weighted by molar-refractivity contribution is 6.38. The Morgan fingerprint density at radius 2 is 1.78 bits per heavy atom. The topological polar surface area (TPSA) is 60.4 Å². The number of carbonyl (C=O) groups is 3. The summed E-state index contributed by atoms with van der Waals surface area (Å²) in [5.74, 6) is -2.86. The Hall–Kier alpha value is -0.900. The van der Waals surface area contributed by atoms with E-state index in [9.17, 15) is 14.4 Å². The van der Waals surface area contributed by atoms with Crippen molar-refractivity contribution < 1.29 is 19.1 Å². The lowest BCUT2D eigenvalue weighted by Gasteiger charge is -2.25. The molecule has 0 aromatic rings. The first kappa shape index (κ1) is 15.2. The van der Waals surface area contributed by atoms with Gasteiger partial charge in [0.25, 0.3) is 0 Å². The summed E-state index contributed by atoms with van der Waals surface area (Å²) in [6.45, 7) is 3.25. The lowest BCUT2D eigenvalue weighted by molar-refractivity contribution is -0.157. The Balaban J connectivity index is 2.55. The van der Waals surface area contributed by atoms with E-state index in [2.05, 4.69) is 4.74 Å². The van der Waals surface area contributed by atoms with Crippen molar-refractivity contribution in [3.05, 3.63) is 0 Å². The molecule has 1 aliphatic carbocycles. The molecule has 0 radical (unpaired) electrons. The van der Waals surface area contributed by atoms with Gasteiger partial charge in [-0.15, -0.1) is 11.6 Å². The molecule has 0 bridgehead atoms. The molecule has 1 atom stereocenters. The summed E-state index contributed by atoms with van der Waals surface area (Å²) in [7, 11) is 0. The van der Waals surface area contributed by atoms with Crippen LogP contribution in [-0.2, 0) is 19.1 Å². The van der Waals surface area contributed by atoms with Crippen LogP contribution in [0.15, 0.2) is 0 Å². The summed E-state index contributed by atoms with van der Waals surface area (Å²) >= 11 is 5.97. The quantitative estimate of drug-likeness (QED) is 0.333. The van der Waals surface area contributed by atoms with Gasteiger partial charge in [-0.3, -0.25) is 9.59 Å². The third-order valence-corrected chi connectivity index (χ3v) is 3.79. The lowest BCUT2D eigenvalue weighted by Crippen LogP contribution is -2.34. The van der Waals surface area contributed by atoms with Gasteiger partial charge >= 0.3 is 5.97 Å². The van der Waals surface area contributed by atoms with E-state index in [1.807, 2.05) is 0 Å². The zero-order chi connectivity index (χ0) is 13.7. The minimum absolute atomic E-state index is 0.130. The van der Waals surface area contributed by atoms with Gasteiger partial charge in [-0.25, -0.2) is 4.79 Å². The van der Waals surface area contributed by atoms with Gasteiger partial charge < -0.3 is 4.74 Å². The summed E-state index contributed by atoms with van der Waals surface area (Å²) < 4.78 is 4.62. The van der Waals surface area contributed by atoms with Crippen molar-refractivity contribution in [2.45, 2.75) is 44.9 Å². The molecular weight excluding hydrogens is 256 g/mol. The van der Waals surface area contributed by atoms with Gasteiger partial charge in [0.2, 0.25) is 5.78 Å². The summed E-state index contributed by atoms with van der Waals surface area (Å²) in [6, 6.07) is 0. The molecule has 0 aliphatic heterocycles. The molecule has 0 saturated heterocycles. The second kappa shape index (κ2) is 6.88. The number of carbonyl (C=O) groups excluding carboxylic acids is 3. The van der Waals surface area contributed by atoms with Crippen LogP contribution < -0.4 is 0 Å². The molecule has 1 fully saturated rings. The van der Waals surface area contributed by atoms with Gasteiger partial charge in [-0.05, 0) is 39.5 Å². The number of ether oxygens (including phenoxy) is 1. The molecular formula is C13H19ClO4. The molecule has 1 unspecified atom stereocenters. The van der Waals surface area contributed by atoms with E-state index in [0.29, 0.717) is 12.8 Å². The number of alkyl halides is 1. The Bertz CT molecular complexity index is 332. The Morgan fingerprint density at radius 3 is 2.28 bits per heavy atom. The monoisotopic (exact) mass is 274 g/mol. The predicted molar refractivity (Wildman–Crippen MR) is 67.4 cm³/mol. The molecule has 5 heteroatoms. The second-order valence-corrected chi connectivity index (χ2v) is 5.27. The van der Waals surface area contributed by atoms with Crippen molar-refractivity contribution in [1.29, 1.82) is 0 Å². The fourth-order valence-electron chi connectivity index (χ4n) is 2.20. The van der Waals surface area contributed by atoms with E-state index >= 15 is 0 Å². The summed E-state index contributed by atoms with van der Waals surface area (Å²) in [4.78, 5) is 35.0. The maximum atomic E-state index is 12.1. The summed E-state index contributed by atoms with van der Waals surface area (Å²) in [5, 5.41) is 0.130. The first-order chi connectivity index (χ1) is 8.47. The van der Waals surface area contributed by atoms with Crippen molar-refractivity contribution >= 4 is 29.1 Å². The average molecular weight is 275 g/mol. The second-order valence-electron chi connectivity index (χ2n) is 4.66. The highest BCUT2D eigenvalue weighted by Gasteiger charge is 2.34. The largest absolute Gasteiger partial charge is 0.460 e. The number of hydrogen-bond acceptors (Lipinski definition) is 4. The molecule has 0 aromatic heterocycles. The fraction of sp³-hybridized carbons (Fsp3) is 0.769. The lowest BCUT2D eigenvalue weighted by atomic mass is 9.81. The van der Waals surface area contributed by atoms with E-state index < -0.39 is 17.7 Å². The molecule has 1 rings (SSSR count).